The van der Waals surface area contributed by atoms with Gasteiger partial charge in [0.25, 0.3) is 0 Å². The zero-order valence-corrected chi connectivity index (χ0v) is 7.57. The number of aliphatic imine (C=N–C) groups is 1. The summed E-state index contributed by atoms with van der Waals surface area (Å²) in [7, 11) is 0. The third-order valence-electron chi connectivity index (χ3n) is 1.41. The highest BCUT2D eigenvalue weighted by Gasteiger charge is 2.06. The van der Waals surface area contributed by atoms with Crippen molar-refractivity contribution in [2.24, 2.45) is 4.99 Å². The molecule has 3 nitrogen and oxygen atoms in total. The van der Waals surface area contributed by atoms with Gasteiger partial charge in [-0.1, -0.05) is 0 Å². The van der Waals surface area contributed by atoms with Crippen LogP contribution in [0.15, 0.2) is 23.3 Å². The Kier molecular flexibility index (Phi) is 2.43. The van der Waals surface area contributed by atoms with Crippen molar-refractivity contribution in [2.45, 2.75) is 20.8 Å². The third-order valence-corrected chi connectivity index (χ3v) is 1.41. The van der Waals surface area contributed by atoms with Gasteiger partial charge in [0.15, 0.2) is 0 Å². The Balaban J connectivity index is 3.14. The first kappa shape index (κ1) is 8.71. The van der Waals surface area contributed by atoms with Crippen LogP contribution in [0.1, 0.15) is 19.4 Å². The van der Waals surface area contributed by atoms with Gasteiger partial charge in [0.1, 0.15) is 11.9 Å². The Hall–Kier alpha value is -1.38. The van der Waals surface area contributed by atoms with E-state index in [0.29, 0.717) is 5.82 Å². The molecule has 0 aromatic carbocycles. The highest BCUT2D eigenvalue weighted by Crippen LogP contribution is 2.06. The van der Waals surface area contributed by atoms with Crippen LogP contribution in [0.3, 0.4) is 0 Å². The Morgan fingerprint density at radius 3 is 2.75 bits per heavy atom. The molecule has 1 aromatic heterocycles. The largest absolute Gasteiger partial charge is 0.361 e. The van der Waals surface area contributed by atoms with Crippen LogP contribution in [0.4, 0.5) is 5.82 Å². The fourth-order valence-electron chi connectivity index (χ4n) is 0.895. The highest BCUT2D eigenvalue weighted by molar-refractivity contribution is 5.81. The summed E-state index contributed by atoms with van der Waals surface area (Å²) in [5.41, 5.74) is 2.00. The quantitative estimate of drug-likeness (QED) is 0.383. The van der Waals surface area contributed by atoms with Crippen LogP contribution in [0.5, 0.6) is 0 Å². The predicted molar refractivity (Wildman–Crippen MR) is 47.0 cm³/mol. The van der Waals surface area contributed by atoms with E-state index in [2.05, 4.69) is 4.99 Å². The number of aryl methyl sites for hydroxylation is 1. The van der Waals surface area contributed by atoms with Gasteiger partial charge in [-0.15, -0.1) is 0 Å². The summed E-state index contributed by atoms with van der Waals surface area (Å²) in [4.78, 5) is 4.15. The summed E-state index contributed by atoms with van der Waals surface area (Å²) < 4.78 is 1.01. The summed E-state index contributed by atoms with van der Waals surface area (Å²) in [6, 6.07) is 3.65. The third kappa shape index (κ3) is 2.05. The van der Waals surface area contributed by atoms with Crippen LogP contribution in [0, 0.1) is 6.92 Å². The monoisotopic (exact) mass is 165 g/mol. The number of hydrogen-bond acceptors (Lipinski definition) is 2. The van der Waals surface area contributed by atoms with Crippen molar-refractivity contribution in [3.05, 3.63) is 23.9 Å². The molecule has 0 spiro atoms. The molecule has 0 atom stereocenters. The molecule has 1 aromatic rings. The average molecular weight is 165 g/mol. The summed E-state index contributed by atoms with van der Waals surface area (Å²) in [5, 5.41) is 9.29. The van der Waals surface area contributed by atoms with Gasteiger partial charge < -0.3 is 5.21 Å². The first-order chi connectivity index (χ1) is 5.59. The van der Waals surface area contributed by atoms with E-state index in [4.69, 9.17) is 0 Å². The molecule has 0 bridgehead atoms. The minimum absolute atomic E-state index is 0.565. The molecule has 0 saturated carbocycles. The zero-order valence-electron chi connectivity index (χ0n) is 7.57. The van der Waals surface area contributed by atoms with E-state index in [1.165, 1.54) is 0 Å². The molecule has 0 aliphatic carbocycles. The standard InChI is InChI=1S/C9H13N2O/c1-7(2)10-9-6-8(3)4-5-11(9)12/h4-6,12H,1-3H3/q+1. The van der Waals surface area contributed by atoms with Crippen molar-refractivity contribution < 1.29 is 9.94 Å². The Morgan fingerprint density at radius 1 is 1.50 bits per heavy atom. The van der Waals surface area contributed by atoms with E-state index >= 15 is 0 Å². The first-order valence-electron chi connectivity index (χ1n) is 3.83. The first-order valence-corrected chi connectivity index (χ1v) is 3.83. The summed E-state index contributed by atoms with van der Waals surface area (Å²) >= 11 is 0. The molecule has 0 aliphatic rings. The van der Waals surface area contributed by atoms with Gasteiger partial charge in [-0.05, 0) is 42.1 Å². The molecular formula is C9H13N2O+. The lowest BCUT2D eigenvalue weighted by atomic mass is 10.3. The van der Waals surface area contributed by atoms with E-state index in [1.807, 2.05) is 32.9 Å². The number of hydrogen-bond donors (Lipinski definition) is 1. The number of pyridine rings is 1. The fraction of sp³-hybridized carbons (Fsp3) is 0.333. The average Bonchev–Trinajstić information content (AvgIpc) is 1.96. The minimum atomic E-state index is 0.565. The predicted octanol–water partition coefficient (Wildman–Crippen LogP) is 1.63. The van der Waals surface area contributed by atoms with E-state index in [1.54, 1.807) is 6.20 Å². The number of nitrogens with zero attached hydrogens (tertiary/aromatic N) is 2. The van der Waals surface area contributed by atoms with E-state index < -0.39 is 0 Å². The molecule has 64 valence electrons. The smallest absolute Gasteiger partial charge is 0.350 e. The molecule has 3 heteroatoms. The molecule has 0 aliphatic heterocycles. The molecule has 0 unspecified atom stereocenters. The Bertz CT molecular complexity index is 314. The van der Waals surface area contributed by atoms with E-state index in [0.717, 1.165) is 16.0 Å². The molecule has 1 N–H and O–H groups in total. The molecule has 1 rings (SSSR count). The maximum Gasteiger partial charge on any atom is 0.361 e. The topological polar surface area (TPSA) is 36.5 Å². The fourth-order valence-corrected chi connectivity index (χ4v) is 0.895. The van der Waals surface area contributed by atoms with Crippen molar-refractivity contribution in [3.63, 3.8) is 0 Å². The molecule has 0 fully saturated rings. The van der Waals surface area contributed by atoms with Crippen molar-refractivity contribution in [1.82, 2.24) is 0 Å². The summed E-state index contributed by atoms with van der Waals surface area (Å²) in [6.45, 7) is 5.74. The van der Waals surface area contributed by atoms with Crippen LogP contribution in [-0.2, 0) is 0 Å². The van der Waals surface area contributed by atoms with Crippen LogP contribution in [0.2, 0.25) is 0 Å². The van der Waals surface area contributed by atoms with Gasteiger partial charge in [0, 0.05) is 6.07 Å². The normalized spacial score (nSPS) is 9.58. The van der Waals surface area contributed by atoms with Crippen LogP contribution < -0.4 is 4.73 Å². The van der Waals surface area contributed by atoms with Crippen LogP contribution in [0.25, 0.3) is 0 Å². The van der Waals surface area contributed by atoms with E-state index in [9.17, 15) is 5.21 Å². The van der Waals surface area contributed by atoms with Crippen molar-refractivity contribution in [1.29, 1.82) is 0 Å². The van der Waals surface area contributed by atoms with Crippen LogP contribution in [-0.4, -0.2) is 10.9 Å². The van der Waals surface area contributed by atoms with Crippen molar-refractivity contribution in [3.8, 4) is 0 Å². The zero-order chi connectivity index (χ0) is 9.14. The lowest BCUT2D eigenvalue weighted by molar-refractivity contribution is -0.894. The lowest BCUT2D eigenvalue weighted by Gasteiger charge is -1.92. The Morgan fingerprint density at radius 2 is 2.17 bits per heavy atom. The maximum absolute atomic E-state index is 9.29. The van der Waals surface area contributed by atoms with Gasteiger partial charge >= 0.3 is 5.82 Å². The van der Waals surface area contributed by atoms with Crippen molar-refractivity contribution >= 4 is 11.5 Å². The molecule has 0 saturated heterocycles. The van der Waals surface area contributed by atoms with Gasteiger partial charge in [-0.3, -0.25) is 0 Å². The molecule has 0 radical (unpaired) electrons. The SMILES string of the molecule is CC(C)=Nc1cc(C)cc[n+]1O. The van der Waals surface area contributed by atoms with Gasteiger partial charge in [-0.25, -0.2) is 0 Å². The second-order valence-corrected chi connectivity index (χ2v) is 2.97. The second-order valence-electron chi connectivity index (χ2n) is 2.97. The highest BCUT2D eigenvalue weighted by atomic mass is 16.5. The summed E-state index contributed by atoms with van der Waals surface area (Å²) in [6.07, 6.45) is 1.58. The lowest BCUT2D eigenvalue weighted by Crippen LogP contribution is -2.29. The maximum atomic E-state index is 9.29. The van der Waals surface area contributed by atoms with Gasteiger partial charge in [0.2, 0.25) is 0 Å². The van der Waals surface area contributed by atoms with Crippen LogP contribution >= 0.6 is 0 Å². The van der Waals surface area contributed by atoms with E-state index in [-0.39, 0.29) is 0 Å². The van der Waals surface area contributed by atoms with Gasteiger partial charge in [0.05, 0.1) is 0 Å². The minimum Gasteiger partial charge on any atom is -0.350 e. The van der Waals surface area contributed by atoms with Gasteiger partial charge in [-0.2, -0.15) is 0 Å². The second kappa shape index (κ2) is 3.34. The number of rotatable bonds is 1. The Labute approximate surface area is 72.0 Å². The molecule has 1 heterocycles. The molecular weight excluding hydrogens is 152 g/mol. The number of aromatic nitrogens is 1. The molecule has 12 heavy (non-hydrogen) atoms. The summed E-state index contributed by atoms with van der Waals surface area (Å²) in [5.74, 6) is 0.565. The van der Waals surface area contributed by atoms with Crippen molar-refractivity contribution in [2.75, 3.05) is 0 Å². The molecule has 0 amide bonds.